The monoisotopic (exact) mass is 546 g/mol. The normalized spacial score (nSPS) is 21.0. The Morgan fingerprint density at radius 3 is 2.39 bits per heavy atom. The second-order valence-electron chi connectivity index (χ2n) is 8.48. The molecule has 0 bridgehead atoms. The average Bonchev–Trinajstić information content (AvgIpc) is 3.27. The summed E-state index contributed by atoms with van der Waals surface area (Å²) in [4.78, 5) is 9.82. The van der Waals surface area contributed by atoms with Crippen molar-refractivity contribution in [1.29, 1.82) is 0 Å². The van der Waals surface area contributed by atoms with Crippen LogP contribution in [0.4, 0.5) is 0 Å². The van der Waals surface area contributed by atoms with Gasteiger partial charge < -0.3 is 29.3 Å². The van der Waals surface area contributed by atoms with Gasteiger partial charge in [-0.3, -0.25) is 4.99 Å². The second-order valence-corrected chi connectivity index (χ2v) is 8.48. The molecule has 2 heterocycles. The van der Waals surface area contributed by atoms with Gasteiger partial charge in [0.1, 0.15) is 11.5 Å². The SMILES string of the molecule is CCNC(=NCC1(N(C)C)CCOCC1)N1CCC(c2cc(OC)cc(OC)c2)C1.I. The second kappa shape index (κ2) is 12.1. The van der Waals surface area contributed by atoms with Gasteiger partial charge >= 0.3 is 0 Å². The lowest BCUT2D eigenvalue weighted by molar-refractivity contribution is -0.00262. The fraction of sp³-hybridized carbons (Fsp3) is 0.696. The smallest absolute Gasteiger partial charge is 0.194 e. The lowest BCUT2D eigenvalue weighted by Crippen LogP contribution is -2.52. The Bertz CT molecular complexity index is 701. The summed E-state index contributed by atoms with van der Waals surface area (Å²) in [6, 6.07) is 6.18. The number of nitrogens with zero attached hydrogens (tertiary/aromatic N) is 3. The van der Waals surface area contributed by atoms with E-state index in [4.69, 9.17) is 19.2 Å². The molecule has 7 nitrogen and oxygen atoms in total. The largest absolute Gasteiger partial charge is 0.497 e. The number of aliphatic imine (C=N–C) groups is 1. The minimum absolute atomic E-state index is 0. The summed E-state index contributed by atoms with van der Waals surface area (Å²) >= 11 is 0. The molecule has 0 spiro atoms. The van der Waals surface area contributed by atoms with Gasteiger partial charge in [-0.05, 0) is 58.0 Å². The molecule has 2 fully saturated rings. The molecule has 0 radical (unpaired) electrons. The number of hydrogen-bond donors (Lipinski definition) is 1. The standard InChI is InChI=1S/C23H38N4O3.HI/c1-6-24-22(25-17-23(26(2)3)8-11-30-12-9-23)27-10-7-18(16-27)19-13-20(28-4)15-21(14-19)29-5;/h13-15,18H,6-12,16-17H2,1-5H3,(H,24,25);1H. The fourth-order valence-corrected chi connectivity index (χ4v) is 4.44. The predicted molar refractivity (Wildman–Crippen MR) is 136 cm³/mol. The first-order valence-corrected chi connectivity index (χ1v) is 11.0. The molecule has 2 saturated heterocycles. The molecule has 1 unspecified atom stereocenters. The van der Waals surface area contributed by atoms with Crippen LogP contribution in [0.3, 0.4) is 0 Å². The highest BCUT2D eigenvalue weighted by molar-refractivity contribution is 14.0. The Kier molecular flexibility index (Phi) is 10.2. The molecule has 176 valence electrons. The van der Waals surface area contributed by atoms with Gasteiger partial charge in [0, 0.05) is 50.4 Å². The number of likely N-dealkylation sites (N-methyl/N-ethyl adjacent to an activating group) is 1. The summed E-state index contributed by atoms with van der Waals surface area (Å²) in [6.45, 7) is 7.35. The third kappa shape index (κ3) is 6.38. The number of hydrogen-bond acceptors (Lipinski definition) is 5. The van der Waals surface area contributed by atoms with Crippen molar-refractivity contribution in [1.82, 2.24) is 15.1 Å². The first-order valence-electron chi connectivity index (χ1n) is 11.0. The van der Waals surface area contributed by atoms with Gasteiger partial charge in [0.2, 0.25) is 0 Å². The maximum absolute atomic E-state index is 5.61. The molecular formula is C23H39IN4O3. The van der Waals surface area contributed by atoms with Gasteiger partial charge in [-0.1, -0.05) is 0 Å². The summed E-state index contributed by atoms with van der Waals surface area (Å²) in [7, 11) is 7.73. The van der Waals surface area contributed by atoms with Gasteiger partial charge in [0.05, 0.1) is 20.8 Å². The fourth-order valence-electron chi connectivity index (χ4n) is 4.44. The molecule has 2 aliphatic rings. The number of methoxy groups -OCH3 is 2. The van der Waals surface area contributed by atoms with Crippen LogP contribution in [0.25, 0.3) is 0 Å². The molecule has 1 atom stereocenters. The van der Waals surface area contributed by atoms with Crippen LogP contribution >= 0.6 is 24.0 Å². The number of likely N-dealkylation sites (tertiary alicyclic amines) is 1. The van der Waals surface area contributed by atoms with E-state index in [2.05, 4.69) is 48.3 Å². The molecule has 8 heteroatoms. The number of nitrogens with one attached hydrogen (secondary N) is 1. The Morgan fingerprint density at radius 2 is 1.84 bits per heavy atom. The van der Waals surface area contributed by atoms with Gasteiger partial charge in [-0.15, -0.1) is 24.0 Å². The van der Waals surface area contributed by atoms with E-state index < -0.39 is 0 Å². The van der Waals surface area contributed by atoms with Crippen molar-refractivity contribution in [2.75, 3.05) is 67.7 Å². The van der Waals surface area contributed by atoms with Gasteiger partial charge in [0.25, 0.3) is 0 Å². The number of benzene rings is 1. The van der Waals surface area contributed by atoms with Crippen molar-refractivity contribution in [3.05, 3.63) is 23.8 Å². The third-order valence-electron chi connectivity index (χ3n) is 6.56. The highest BCUT2D eigenvalue weighted by Gasteiger charge is 2.35. The lowest BCUT2D eigenvalue weighted by Gasteiger charge is -2.42. The average molecular weight is 546 g/mol. The maximum atomic E-state index is 5.61. The number of rotatable bonds is 7. The zero-order valence-electron chi connectivity index (χ0n) is 19.6. The molecule has 1 N–H and O–H groups in total. The van der Waals surface area contributed by atoms with Gasteiger partial charge in [0.15, 0.2) is 5.96 Å². The Morgan fingerprint density at radius 1 is 1.19 bits per heavy atom. The van der Waals surface area contributed by atoms with Crippen LogP contribution in [-0.2, 0) is 4.74 Å². The first-order chi connectivity index (χ1) is 14.5. The molecule has 2 aliphatic heterocycles. The van der Waals surface area contributed by atoms with Crippen LogP contribution in [0.5, 0.6) is 11.5 Å². The van der Waals surface area contributed by atoms with Crippen LogP contribution in [0, 0.1) is 0 Å². The summed E-state index contributed by atoms with van der Waals surface area (Å²) in [5, 5.41) is 3.51. The van der Waals surface area contributed by atoms with Crippen LogP contribution in [0.1, 0.15) is 37.7 Å². The Labute approximate surface area is 204 Å². The highest BCUT2D eigenvalue weighted by atomic mass is 127. The molecule has 0 amide bonds. The number of ether oxygens (including phenoxy) is 3. The Balaban J connectivity index is 0.00000341. The Hall–Kier alpha value is -1.26. The minimum Gasteiger partial charge on any atom is -0.497 e. The lowest BCUT2D eigenvalue weighted by atomic mass is 9.89. The van der Waals surface area contributed by atoms with Crippen molar-refractivity contribution >= 4 is 29.9 Å². The van der Waals surface area contributed by atoms with E-state index in [9.17, 15) is 0 Å². The van der Waals surface area contributed by atoms with E-state index in [1.807, 2.05) is 6.07 Å². The minimum atomic E-state index is 0. The van der Waals surface area contributed by atoms with Crippen LogP contribution in [-0.4, -0.2) is 89.0 Å². The molecule has 0 aromatic heterocycles. The molecule has 31 heavy (non-hydrogen) atoms. The van der Waals surface area contributed by atoms with Crippen molar-refractivity contribution < 1.29 is 14.2 Å². The van der Waals surface area contributed by atoms with Crippen LogP contribution < -0.4 is 14.8 Å². The summed E-state index contributed by atoms with van der Waals surface area (Å²) in [5.74, 6) is 3.14. The topological polar surface area (TPSA) is 58.6 Å². The number of guanidine groups is 1. The van der Waals surface area contributed by atoms with Gasteiger partial charge in [-0.2, -0.15) is 0 Å². The number of halogens is 1. The van der Waals surface area contributed by atoms with Crippen LogP contribution in [0.15, 0.2) is 23.2 Å². The van der Waals surface area contributed by atoms with E-state index in [0.717, 1.165) is 76.1 Å². The zero-order valence-corrected chi connectivity index (χ0v) is 22.0. The summed E-state index contributed by atoms with van der Waals surface area (Å²) < 4.78 is 16.5. The van der Waals surface area contributed by atoms with Crippen molar-refractivity contribution in [2.24, 2.45) is 4.99 Å². The molecule has 0 aliphatic carbocycles. The molecule has 0 saturated carbocycles. The van der Waals surface area contributed by atoms with E-state index in [1.54, 1.807) is 14.2 Å². The maximum Gasteiger partial charge on any atom is 0.194 e. The van der Waals surface area contributed by atoms with E-state index >= 15 is 0 Å². The quantitative estimate of drug-likeness (QED) is 0.322. The molecular weight excluding hydrogens is 507 g/mol. The van der Waals surface area contributed by atoms with E-state index in [-0.39, 0.29) is 29.5 Å². The zero-order chi connectivity index (χ0) is 21.6. The highest BCUT2D eigenvalue weighted by Crippen LogP contribution is 2.33. The van der Waals surface area contributed by atoms with Crippen LogP contribution in [0.2, 0.25) is 0 Å². The molecule has 1 aromatic carbocycles. The van der Waals surface area contributed by atoms with E-state index in [0.29, 0.717) is 5.92 Å². The van der Waals surface area contributed by atoms with E-state index in [1.165, 1.54) is 5.56 Å². The molecule has 3 rings (SSSR count). The predicted octanol–water partition coefficient (Wildman–Crippen LogP) is 3.19. The van der Waals surface area contributed by atoms with Crippen molar-refractivity contribution in [3.8, 4) is 11.5 Å². The summed E-state index contributed by atoms with van der Waals surface area (Å²) in [6.07, 6.45) is 3.14. The van der Waals surface area contributed by atoms with Gasteiger partial charge in [-0.25, -0.2) is 0 Å². The molecule has 1 aromatic rings. The third-order valence-corrected chi connectivity index (χ3v) is 6.56. The van der Waals surface area contributed by atoms with Crippen molar-refractivity contribution in [2.45, 2.75) is 37.6 Å². The van der Waals surface area contributed by atoms with Crippen molar-refractivity contribution in [3.63, 3.8) is 0 Å². The first kappa shape index (κ1) is 26.0. The summed E-state index contributed by atoms with van der Waals surface area (Å²) in [5.41, 5.74) is 1.34.